The zero-order valence-electron chi connectivity index (χ0n) is 9.13. The van der Waals surface area contributed by atoms with E-state index < -0.39 is 0 Å². The van der Waals surface area contributed by atoms with Gasteiger partial charge < -0.3 is 4.74 Å². The molecule has 1 aromatic rings. The Morgan fingerprint density at radius 3 is 2.88 bits per heavy atom. The van der Waals surface area contributed by atoms with Crippen molar-refractivity contribution in [2.75, 3.05) is 13.0 Å². The number of rotatable bonds is 3. The summed E-state index contributed by atoms with van der Waals surface area (Å²) in [4.78, 5) is 11.2. The lowest BCUT2D eigenvalue weighted by molar-refractivity contribution is -0.139. The van der Waals surface area contributed by atoms with E-state index in [0.29, 0.717) is 12.3 Å². The molecule has 2 nitrogen and oxygen atoms in total. The number of carbonyl (C=O) groups is 1. The van der Waals surface area contributed by atoms with E-state index in [2.05, 4.69) is 16.6 Å². The molecule has 0 radical (unpaired) electrons. The fourth-order valence-electron chi connectivity index (χ4n) is 1.23. The van der Waals surface area contributed by atoms with Crippen LogP contribution in [0.1, 0.15) is 17.5 Å². The van der Waals surface area contributed by atoms with Crippen molar-refractivity contribution in [2.24, 2.45) is 0 Å². The molecule has 16 heavy (non-hydrogen) atoms. The summed E-state index contributed by atoms with van der Waals surface area (Å²) in [6.07, 6.45) is 0.899. The van der Waals surface area contributed by atoms with Crippen LogP contribution in [0, 0.1) is 11.8 Å². The summed E-state index contributed by atoms with van der Waals surface area (Å²) in [5, 5.41) is 0. The minimum absolute atomic E-state index is 0.252. The van der Waals surface area contributed by atoms with Gasteiger partial charge in [0.05, 0.1) is 13.5 Å². The first-order valence-corrected chi connectivity index (χ1v) is 5.51. The normalized spacial score (nSPS) is 9.12. The number of ether oxygens (including phenoxy) is 1. The summed E-state index contributed by atoms with van der Waals surface area (Å²) in [6, 6.07) is 7.54. The van der Waals surface area contributed by atoms with Crippen LogP contribution in [-0.4, -0.2) is 19.0 Å². The second kappa shape index (κ2) is 6.92. The highest BCUT2D eigenvalue weighted by atomic mass is 35.5. The molecule has 0 unspecified atom stereocenters. The molecule has 0 bridgehead atoms. The Hall–Kier alpha value is -1.46. The van der Waals surface area contributed by atoms with Crippen molar-refractivity contribution < 1.29 is 9.53 Å². The summed E-state index contributed by atoms with van der Waals surface area (Å²) in [6.45, 7) is 0. The number of halogens is 1. The molecule has 84 valence electrons. The Morgan fingerprint density at radius 1 is 1.44 bits per heavy atom. The van der Waals surface area contributed by atoms with E-state index in [9.17, 15) is 4.79 Å². The maximum absolute atomic E-state index is 11.2. The van der Waals surface area contributed by atoms with Gasteiger partial charge in [-0.25, -0.2) is 0 Å². The zero-order chi connectivity index (χ0) is 11.8. The van der Waals surface area contributed by atoms with Gasteiger partial charge in [0.15, 0.2) is 0 Å². The third-order valence-electron chi connectivity index (χ3n) is 2.02. The molecule has 0 saturated carbocycles. The first kappa shape index (κ1) is 12.6. The van der Waals surface area contributed by atoms with Gasteiger partial charge >= 0.3 is 5.97 Å². The molecular weight excluding hydrogens is 224 g/mol. The van der Waals surface area contributed by atoms with E-state index in [0.717, 1.165) is 11.1 Å². The van der Waals surface area contributed by atoms with Crippen LogP contribution in [0.25, 0.3) is 0 Å². The quantitative estimate of drug-likeness (QED) is 0.458. The standard InChI is InChI=1S/C13H13ClO2/c1-16-13(15)10-12-8-3-2-6-11(12)7-4-5-9-14/h2-3,6,8H,5,9-10H2,1H3. The summed E-state index contributed by atoms with van der Waals surface area (Å²) in [7, 11) is 1.38. The minimum atomic E-state index is -0.258. The lowest BCUT2D eigenvalue weighted by Crippen LogP contribution is -2.05. The number of carbonyl (C=O) groups excluding carboxylic acids is 1. The Kier molecular flexibility index (Phi) is 5.45. The highest BCUT2D eigenvalue weighted by Crippen LogP contribution is 2.08. The largest absolute Gasteiger partial charge is 0.469 e. The number of esters is 1. The van der Waals surface area contributed by atoms with Gasteiger partial charge in [-0.2, -0.15) is 0 Å². The zero-order valence-corrected chi connectivity index (χ0v) is 9.88. The molecule has 0 heterocycles. The fraction of sp³-hybridized carbons (Fsp3) is 0.308. The van der Waals surface area contributed by atoms with E-state index in [-0.39, 0.29) is 12.4 Å². The van der Waals surface area contributed by atoms with E-state index >= 15 is 0 Å². The van der Waals surface area contributed by atoms with Crippen LogP contribution < -0.4 is 0 Å². The Labute approximate surface area is 101 Å². The lowest BCUT2D eigenvalue weighted by Gasteiger charge is -2.02. The molecule has 0 aromatic heterocycles. The maximum Gasteiger partial charge on any atom is 0.310 e. The monoisotopic (exact) mass is 236 g/mol. The molecule has 0 spiro atoms. The van der Waals surface area contributed by atoms with Crippen molar-refractivity contribution >= 4 is 17.6 Å². The predicted molar refractivity (Wildman–Crippen MR) is 64.4 cm³/mol. The predicted octanol–water partition coefficient (Wildman–Crippen LogP) is 2.38. The van der Waals surface area contributed by atoms with Crippen molar-refractivity contribution in [1.82, 2.24) is 0 Å². The van der Waals surface area contributed by atoms with Gasteiger partial charge in [-0.05, 0) is 11.6 Å². The average Bonchev–Trinajstić information content (AvgIpc) is 2.31. The average molecular weight is 237 g/mol. The maximum atomic E-state index is 11.2. The Balaban J connectivity index is 2.84. The highest BCUT2D eigenvalue weighted by molar-refractivity contribution is 6.18. The number of alkyl halides is 1. The van der Waals surface area contributed by atoms with Crippen LogP contribution in [0.5, 0.6) is 0 Å². The molecular formula is C13H13ClO2. The number of benzene rings is 1. The van der Waals surface area contributed by atoms with E-state index in [1.165, 1.54) is 7.11 Å². The number of hydrogen-bond acceptors (Lipinski definition) is 2. The molecule has 0 amide bonds. The first-order valence-electron chi connectivity index (χ1n) is 4.97. The van der Waals surface area contributed by atoms with Gasteiger partial charge in [0.2, 0.25) is 0 Å². The summed E-state index contributed by atoms with van der Waals surface area (Å²) in [5.74, 6) is 6.21. The van der Waals surface area contributed by atoms with Crippen LogP contribution >= 0.6 is 11.6 Å². The fourth-order valence-corrected chi connectivity index (χ4v) is 1.32. The third kappa shape index (κ3) is 3.96. The first-order chi connectivity index (χ1) is 7.77. The van der Waals surface area contributed by atoms with Crippen molar-refractivity contribution in [3.8, 4) is 11.8 Å². The van der Waals surface area contributed by atoms with Gasteiger partial charge in [-0.1, -0.05) is 30.0 Å². The van der Waals surface area contributed by atoms with Crippen molar-refractivity contribution in [2.45, 2.75) is 12.8 Å². The molecule has 1 aromatic carbocycles. The lowest BCUT2D eigenvalue weighted by atomic mass is 10.1. The molecule has 0 aliphatic rings. The highest BCUT2D eigenvalue weighted by Gasteiger charge is 2.05. The van der Waals surface area contributed by atoms with Crippen LogP contribution in [0.2, 0.25) is 0 Å². The SMILES string of the molecule is COC(=O)Cc1ccccc1C#CCCCl. The summed E-state index contributed by atoms with van der Waals surface area (Å²) in [5.41, 5.74) is 1.74. The van der Waals surface area contributed by atoms with Crippen LogP contribution in [-0.2, 0) is 16.0 Å². The van der Waals surface area contributed by atoms with Gasteiger partial charge in [-0.3, -0.25) is 4.79 Å². The topological polar surface area (TPSA) is 26.3 Å². The molecule has 0 N–H and O–H groups in total. The molecule has 3 heteroatoms. The van der Waals surface area contributed by atoms with E-state index in [1.54, 1.807) is 0 Å². The molecule has 0 saturated heterocycles. The van der Waals surface area contributed by atoms with Crippen LogP contribution in [0.4, 0.5) is 0 Å². The number of hydrogen-bond donors (Lipinski definition) is 0. The molecule has 1 rings (SSSR count). The second-order valence-electron chi connectivity index (χ2n) is 3.15. The summed E-state index contributed by atoms with van der Waals surface area (Å²) >= 11 is 5.54. The minimum Gasteiger partial charge on any atom is -0.469 e. The van der Waals surface area contributed by atoms with Gasteiger partial charge in [0.1, 0.15) is 0 Å². The third-order valence-corrected chi connectivity index (χ3v) is 2.21. The van der Waals surface area contributed by atoms with E-state index in [1.807, 2.05) is 24.3 Å². The van der Waals surface area contributed by atoms with Crippen molar-refractivity contribution in [3.05, 3.63) is 35.4 Å². The second-order valence-corrected chi connectivity index (χ2v) is 3.53. The summed E-state index contributed by atoms with van der Waals surface area (Å²) < 4.78 is 4.63. The molecule has 0 fully saturated rings. The smallest absolute Gasteiger partial charge is 0.310 e. The van der Waals surface area contributed by atoms with Crippen molar-refractivity contribution in [3.63, 3.8) is 0 Å². The van der Waals surface area contributed by atoms with E-state index in [4.69, 9.17) is 11.6 Å². The van der Waals surface area contributed by atoms with Gasteiger partial charge in [-0.15, -0.1) is 11.6 Å². The van der Waals surface area contributed by atoms with Crippen molar-refractivity contribution in [1.29, 1.82) is 0 Å². The molecule has 0 aliphatic carbocycles. The van der Waals surface area contributed by atoms with Gasteiger partial charge in [0.25, 0.3) is 0 Å². The van der Waals surface area contributed by atoms with Crippen LogP contribution in [0.3, 0.4) is 0 Å². The molecule has 0 atom stereocenters. The van der Waals surface area contributed by atoms with Crippen LogP contribution in [0.15, 0.2) is 24.3 Å². The Morgan fingerprint density at radius 2 is 2.19 bits per heavy atom. The number of methoxy groups -OCH3 is 1. The van der Waals surface area contributed by atoms with Gasteiger partial charge in [0, 0.05) is 17.9 Å². The Bertz CT molecular complexity index is 415. The molecule has 0 aliphatic heterocycles.